The fourth-order valence-corrected chi connectivity index (χ4v) is 3.11. The van der Waals surface area contributed by atoms with Crippen molar-refractivity contribution in [1.29, 1.82) is 0 Å². The first-order chi connectivity index (χ1) is 11.2. The molecule has 0 N–H and O–H groups in total. The molecule has 0 atom stereocenters. The topological polar surface area (TPSA) is 29.2 Å². The summed E-state index contributed by atoms with van der Waals surface area (Å²) >= 11 is 0. The Labute approximate surface area is 135 Å². The normalized spacial score (nSPS) is 12.4. The molecule has 2 aromatic carbocycles. The first-order valence-corrected chi connectivity index (χ1v) is 7.61. The van der Waals surface area contributed by atoms with Crippen molar-refractivity contribution in [2.45, 2.75) is 6.92 Å². The van der Waals surface area contributed by atoms with Gasteiger partial charge < -0.3 is 9.64 Å². The highest BCUT2D eigenvalue weighted by Gasteiger charge is 2.27. The van der Waals surface area contributed by atoms with E-state index in [0.29, 0.717) is 0 Å². The predicted molar refractivity (Wildman–Crippen MR) is 90.2 cm³/mol. The maximum absolute atomic E-state index is 6.29. The highest BCUT2D eigenvalue weighted by molar-refractivity contribution is 5.85. The Balaban J connectivity index is 1.98. The van der Waals surface area contributed by atoms with E-state index in [1.54, 1.807) is 0 Å². The zero-order valence-corrected chi connectivity index (χ0v) is 13.4. The van der Waals surface area contributed by atoms with Gasteiger partial charge in [-0.15, -0.1) is 0 Å². The largest absolute Gasteiger partial charge is 0.452 e. The highest BCUT2D eigenvalue weighted by Crippen LogP contribution is 2.50. The molecule has 4 rings (SSSR count). The van der Waals surface area contributed by atoms with Gasteiger partial charge in [-0.25, -0.2) is 4.57 Å². The van der Waals surface area contributed by atoms with Crippen LogP contribution in [-0.2, 0) is 7.05 Å². The van der Waals surface area contributed by atoms with Gasteiger partial charge in [0.1, 0.15) is 11.9 Å². The number of nitrogens with zero attached hydrogens (tertiary/aromatic N) is 3. The summed E-state index contributed by atoms with van der Waals surface area (Å²) in [7, 11) is 4.08. The van der Waals surface area contributed by atoms with E-state index in [0.717, 1.165) is 34.1 Å². The zero-order valence-electron chi connectivity index (χ0n) is 13.4. The van der Waals surface area contributed by atoms with Crippen LogP contribution in [0.15, 0.2) is 55.0 Å². The number of anilines is 2. The third-order valence-electron chi connectivity index (χ3n) is 4.34. The van der Waals surface area contributed by atoms with Gasteiger partial charge in [0.25, 0.3) is 6.33 Å². The summed E-state index contributed by atoms with van der Waals surface area (Å²) < 4.78 is 8.31. The first-order valence-electron chi connectivity index (χ1n) is 7.61. The molecule has 0 saturated heterocycles. The van der Waals surface area contributed by atoms with Crippen molar-refractivity contribution >= 4 is 11.4 Å². The van der Waals surface area contributed by atoms with Crippen LogP contribution in [-0.4, -0.2) is 12.0 Å². The van der Waals surface area contributed by atoms with Gasteiger partial charge >= 0.3 is 0 Å². The predicted octanol–water partition coefficient (Wildman–Crippen LogP) is 3.76. The van der Waals surface area contributed by atoms with Crippen molar-refractivity contribution < 1.29 is 9.30 Å². The highest BCUT2D eigenvalue weighted by atomic mass is 16.5. The number of ether oxygens (including phenoxy) is 1. The average Bonchev–Trinajstić information content (AvgIpc) is 2.56. The van der Waals surface area contributed by atoms with Crippen LogP contribution in [0.5, 0.6) is 11.5 Å². The lowest BCUT2D eigenvalue weighted by Crippen LogP contribution is -2.31. The fourth-order valence-electron chi connectivity index (χ4n) is 3.11. The average molecular weight is 304 g/mol. The number of rotatable bonds is 1. The van der Waals surface area contributed by atoms with Crippen molar-refractivity contribution in [2.24, 2.45) is 7.05 Å². The van der Waals surface area contributed by atoms with Gasteiger partial charge in [0.15, 0.2) is 11.5 Å². The van der Waals surface area contributed by atoms with E-state index in [4.69, 9.17) is 4.74 Å². The minimum atomic E-state index is 0.881. The van der Waals surface area contributed by atoms with E-state index in [9.17, 15) is 0 Å². The molecule has 3 aromatic rings. The monoisotopic (exact) mass is 304 g/mol. The van der Waals surface area contributed by atoms with Crippen molar-refractivity contribution in [3.8, 4) is 22.8 Å². The molecule has 0 fully saturated rings. The third kappa shape index (κ3) is 2.06. The van der Waals surface area contributed by atoms with Crippen molar-refractivity contribution in [3.63, 3.8) is 0 Å². The Morgan fingerprint density at radius 2 is 1.87 bits per heavy atom. The van der Waals surface area contributed by atoms with Crippen LogP contribution in [0.25, 0.3) is 11.3 Å². The molecule has 0 aliphatic carbocycles. The second kappa shape index (κ2) is 5.09. The molecule has 4 nitrogen and oxygen atoms in total. The van der Waals surface area contributed by atoms with Crippen LogP contribution in [0.2, 0.25) is 0 Å². The number of benzene rings is 2. The minimum absolute atomic E-state index is 0.881. The van der Waals surface area contributed by atoms with E-state index in [-0.39, 0.29) is 0 Å². The summed E-state index contributed by atoms with van der Waals surface area (Å²) in [5.74, 6) is 1.78. The third-order valence-corrected chi connectivity index (χ3v) is 4.34. The molecular formula is C19H18N3O+. The van der Waals surface area contributed by atoms with Gasteiger partial charge in [0, 0.05) is 13.1 Å². The molecule has 2 heterocycles. The summed E-state index contributed by atoms with van der Waals surface area (Å²) in [6, 6.07) is 14.4. The standard InChI is InChI=1S/C19H18N3O/c1-13-8-9-16-19(18(13)15-10-11-20-12-21(15)2)23-17-7-5-4-6-14(17)22(16)3/h4-12H,1-3H3/q+1. The molecule has 0 amide bonds. The van der Waals surface area contributed by atoms with E-state index in [2.05, 4.69) is 42.1 Å². The summed E-state index contributed by atoms with van der Waals surface area (Å²) in [4.78, 5) is 6.35. The molecule has 1 aromatic heterocycles. The van der Waals surface area contributed by atoms with Crippen LogP contribution >= 0.6 is 0 Å². The minimum Gasteiger partial charge on any atom is -0.452 e. The molecule has 114 valence electrons. The van der Waals surface area contributed by atoms with Crippen molar-refractivity contribution in [2.75, 3.05) is 11.9 Å². The van der Waals surface area contributed by atoms with Gasteiger partial charge in [-0.2, -0.15) is 0 Å². The van der Waals surface area contributed by atoms with Crippen LogP contribution in [0.4, 0.5) is 11.4 Å². The Hall–Kier alpha value is -2.88. The summed E-state index contributed by atoms with van der Waals surface area (Å²) in [5, 5.41) is 0. The second-order valence-electron chi connectivity index (χ2n) is 5.81. The van der Waals surface area contributed by atoms with E-state index >= 15 is 0 Å². The van der Waals surface area contributed by atoms with Gasteiger partial charge in [-0.3, -0.25) is 0 Å². The number of fused-ring (bicyclic) bond motifs is 2. The molecule has 0 unspecified atom stereocenters. The van der Waals surface area contributed by atoms with Crippen LogP contribution in [0, 0.1) is 6.92 Å². The Morgan fingerprint density at radius 1 is 1.04 bits per heavy atom. The van der Waals surface area contributed by atoms with E-state index < -0.39 is 0 Å². The molecule has 0 radical (unpaired) electrons. The van der Waals surface area contributed by atoms with Crippen LogP contribution in [0.3, 0.4) is 0 Å². The maximum Gasteiger partial charge on any atom is 0.286 e. The lowest BCUT2D eigenvalue weighted by molar-refractivity contribution is -0.663. The number of aryl methyl sites for hydroxylation is 2. The molecular weight excluding hydrogens is 286 g/mol. The quantitative estimate of drug-likeness (QED) is 0.641. The zero-order chi connectivity index (χ0) is 16.0. The lowest BCUT2D eigenvalue weighted by atomic mass is 10.0. The number of hydrogen-bond donors (Lipinski definition) is 0. The molecule has 0 bridgehead atoms. The molecule has 0 spiro atoms. The SMILES string of the molecule is Cc1ccc2c(c1-c1ccnc[n+]1C)Oc1ccccc1N2C. The van der Waals surface area contributed by atoms with Crippen LogP contribution < -0.4 is 14.2 Å². The van der Waals surface area contributed by atoms with Crippen LogP contribution in [0.1, 0.15) is 5.56 Å². The number of hydrogen-bond acceptors (Lipinski definition) is 3. The molecule has 0 saturated carbocycles. The summed E-state index contributed by atoms with van der Waals surface area (Å²) in [6.45, 7) is 2.11. The van der Waals surface area contributed by atoms with Gasteiger partial charge in [-0.05, 0) is 30.7 Å². The molecule has 1 aliphatic heterocycles. The van der Waals surface area contributed by atoms with Gasteiger partial charge in [0.2, 0.25) is 0 Å². The van der Waals surface area contributed by atoms with Gasteiger partial charge in [-0.1, -0.05) is 23.2 Å². The lowest BCUT2D eigenvalue weighted by Gasteiger charge is -2.31. The Kier molecular flexibility index (Phi) is 3.05. The van der Waals surface area contributed by atoms with Crippen molar-refractivity contribution in [3.05, 3.63) is 60.6 Å². The first kappa shape index (κ1) is 13.8. The number of aromatic nitrogens is 2. The van der Waals surface area contributed by atoms with Crippen molar-refractivity contribution in [1.82, 2.24) is 4.98 Å². The number of para-hydroxylation sites is 2. The molecule has 1 aliphatic rings. The summed E-state index contributed by atoms with van der Waals surface area (Å²) in [6.07, 6.45) is 3.63. The smallest absolute Gasteiger partial charge is 0.286 e. The Bertz CT molecular complexity index is 905. The molecule has 23 heavy (non-hydrogen) atoms. The fraction of sp³-hybridized carbons (Fsp3) is 0.158. The molecule has 4 heteroatoms. The van der Waals surface area contributed by atoms with Gasteiger partial charge in [0.05, 0.1) is 24.0 Å². The Morgan fingerprint density at radius 3 is 2.70 bits per heavy atom. The second-order valence-corrected chi connectivity index (χ2v) is 5.81. The van der Waals surface area contributed by atoms with E-state index in [1.807, 2.05) is 48.4 Å². The van der Waals surface area contributed by atoms with E-state index in [1.165, 1.54) is 5.56 Å². The maximum atomic E-state index is 6.29. The summed E-state index contributed by atoms with van der Waals surface area (Å²) in [5.41, 5.74) is 5.52.